The number of carbonyl (C=O) groups excluding carboxylic acids is 1. The Morgan fingerprint density at radius 1 is 1.50 bits per heavy atom. The zero-order valence-electron chi connectivity index (χ0n) is 8.34. The summed E-state index contributed by atoms with van der Waals surface area (Å²) in [7, 11) is 0. The van der Waals surface area contributed by atoms with Crippen molar-refractivity contribution in [3.8, 4) is 0 Å². The van der Waals surface area contributed by atoms with Gasteiger partial charge in [0.1, 0.15) is 0 Å². The summed E-state index contributed by atoms with van der Waals surface area (Å²) in [6.45, 7) is 5.08. The summed E-state index contributed by atoms with van der Waals surface area (Å²) in [4.78, 5) is 10.9. The Kier molecular flexibility index (Phi) is 4.11. The van der Waals surface area contributed by atoms with E-state index >= 15 is 0 Å². The Hall–Kier alpha value is -0.860. The first-order chi connectivity index (χ1) is 6.65. The molecule has 1 rings (SSSR count). The first kappa shape index (κ1) is 11.2. The van der Waals surface area contributed by atoms with Crippen molar-refractivity contribution < 1.29 is 9.53 Å². The molecule has 0 aromatic heterocycles. The van der Waals surface area contributed by atoms with E-state index in [-0.39, 0.29) is 0 Å². The molecule has 2 nitrogen and oxygen atoms in total. The fourth-order valence-corrected chi connectivity index (χ4v) is 1.47. The van der Waals surface area contributed by atoms with Gasteiger partial charge in [0.2, 0.25) is 0 Å². The molecular formula is C11H13ClO2. The second kappa shape index (κ2) is 5.13. The number of rotatable bonds is 4. The van der Waals surface area contributed by atoms with Gasteiger partial charge in [-0.25, -0.2) is 0 Å². The van der Waals surface area contributed by atoms with Gasteiger partial charge < -0.3 is 4.74 Å². The van der Waals surface area contributed by atoms with Gasteiger partial charge in [-0.1, -0.05) is 12.1 Å². The van der Waals surface area contributed by atoms with E-state index in [0.717, 1.165) is 11.1 Å². The summed E-state index contributed by atoms with van der Waals surface area (Å²) in [6, 6.07) is 5.52. The fraction of sp³-hybridized carbons (Fsp3) is 0.364. The summed E-state index contributed by atoms with van der Waals surface area (Å²) in [6.07, 6.45) is 0. The number of hydrogen-bond donors (Lipinski definition) is 0. The Labute approximate surface area is 88.8 Å². The number of benzene rings is 1. The van der Waals surface area contributed by atoms with Crippen LogP contribution in [0.3, 0.4) is 0 Å². The van der Waals surface area contributed by atoms with Gasteiger partial charge >= 0.3 is 0 Å². The van der Waals surface area contributed by atoms with E-state index in [2.05, 4.69) is 0 Å². The summed E-state index contributed by atoms with van der Waals surface area (Å²) in [5.41, 5.74) is 2.51. The van der Waals surface area contributed by atoms with Crippen molar-refractivity contribution in [2.45, 2.75) is 20.5 Å². The van der Waals surface area contributed by atoms with E-state index in [0.29, 0.717) is 18.8 Å². The first-order valence-electron chi connectivity index (χ1n) is 4.52. The van der Waals surface area contributed by atoms with Gasteiger partial charge in [0, 0.05) is 12.2 Å². The second-order valence-corrected chi connectivity index (χ2v) is 3.40. The number of carbonyl (C=O) groups is 1. The highest BCUT2D eigenvalue weighted by Crippen LogP contribution is 2.14. The number of hydrogen-bond acceptors (Lipinski definition) is 2. The van der Waals surface area contributed by atoms with Crippen LogP contribution in [0.1, 0.15) is 28.4 Å². The van der Waals surface area contributed by atoms with E-state index < -0.39 is 5.24 Å². The predicted molar refractivity (Wildman–Crippen MR) is 56.7 cm³/mol. The first-order valence-corrected chi connectivity index (χ1v) is 4.90. The molecule has 0 atom stereocenters. The number of ether oxygens (including phenoxy) is 1. The zero-order valence-corrected chi connectivity index (χ0v) is 9.10. The molecule has 0 unspecified atom stereocenters. The minimum atomic E-state index is -0.412. The summed E-state index contributed by atoms with van der Waals surface area (Å²) in [5, 5.41) is -0.412. The normalized spacial score (nSPS) is 10.2. The molecule has 0 spiro atoms. The van der Waals surface area contributed by atoms with Crippen LogP contribution in [-0.4, -0.2) is 11.8 Å². The highest BCUT2D eigenvalue weighted by molar-refractivity contribution is 6.67. The van der Waals surface area contributed by atoms with Crippen LogP contribution in [0.5, 0.6) is 0 Å². The average Bonchev–Trinajstić information content (AvgIpc) is 2.14. The molecular weight excluding hydrogens is 200 g/mol. The highest BCUT2D eigenvalue weighted by atomic mass is 35.5. The smallest absolute Gasteiger partial charge is 0.252 e. The molecule has 0 saturated heterocycles. The zero-order chi connectivity index (χ0) is 10.6. The molecule has 3 heteroatoms. The monoisotopic (exact) mass is 212 g/mol. The molecule has 0 amide bonds. The molecule has 0 fully saturated rings. The van der Waals surface area contributed by atoms with Crippen molar-refractivity contribution in [3.63, 3.8) is 0 Å². The van der Waals surface area contributed by atoms with Crippen LogP contribution in [0.25, 0.3) is 0 Å². The Morgan fingerprint density at radius 3 is 2.71 bits per heavy atom. The van der Waals surface area contributed by atoms with Crippen molar-refractivity contribution in [2.75, 3.05) is 6.61 Å². The van der Waals surface area contributed by atoms with Crippen LogP contribution in [-0.2, 0) is 11.3 Å². The van der Waals surface area contributed by atoms with E-state index in [9.17, 15) is 4.79 Å². The molecule has 0 aliphatic rings. The van der Waals surface area contributed by atoms with Gasteiger partial charge in [-0.2, -0.15) is 0 Å². The molecule has 14 heavy (non-hydrogen) atoms. The van der Waals surface area contributed by atoms with Crippen LogP contribution in [0.2, 0.25) is 0 Å². The van der Waals surface area contributed by atoms with Gasteiger partial charge in [0.05, 0.1) is 6.61 Å². The quantitative estimate of drug-likeness (QED) is 0.718. The van der Waals surface area contributed by atoms with Crippen molar-refractivity contribution in [3.05, 3.63) is 34.9 Å². The maximum Gasteiger partial charge on any atom is 0.252 e. The minimum Gasteiger partial charge on any atom is -0.377 e. The third-order valence-corrected chi connectivity index (χ3v) is 2.18. The molecule has 0 N–H and O–H groups in total. The van der Waals surface area contributed by atoms with E-state index in [4.69, 9.17) is 16.3 Å². The minimum absolute atomic E-state index is 0.412. The van der Waals surface area contributed by atoms with Crippen molar-refractivity contribution >= 4 is 16.8 Å². The topological polar surface area (TPSA) is 26.3 Å². The molecule has 0 radical (unpaired) electrons. The summed E-state index contributed by atoms with van der Waals surface area (Å²) >= 11 is 5.39. The SMILES string of the molecule is CCOCc1ccc(C(=O)Cl)c(C)c1. The average molecular weight is 213 g/mol. The lowest BCUT2D eigenvalue weighted by Crippen LogP contribution is -1.97. The van der Waals surface area contributed by atoms with Gasteiger partial charge in [-0.3, -0.25) is 4.79 Å². The molecule has 1 aromatic carbocycles. The predicted octanol–water partition coefficient (Wildman–Crippen LogP) is 2.91. The number of halogens is 1. The Balaban J connectivity index is 2.83. The number of aryl methyl sites for hydroxylation is 1. The molecule has 76 valence electrons. The van der Waals surface area contributed by atoms with Gasteiger partial charge in [-0.15, -0.1) is 0 Å². The van der Waals surface area contributed by atoms with E-state index in [1.54, 1.807) is 6.07 Å². The largest absolute Gasteiger partial charge is 0.377 e. The van der Waals surface area contributed by atoms with Crippen molar-refractivity contribution in [1.82, 2.24) is 0 Å². The van der Waals surface area contributed by atoms with Crippen molar-refractivity contribution in [1.29, 1.82) is 0 Å². The van der Waals surface area contributed by atoms with Crippen molar-refractivity contribution in [2.24, 2.45) is 0 Å². The van der Waals surface area contributed by atoms with Crippen LogP contribution in [0.15, 0.2) is 18.2 Å². The van der Waals surface area contributed by atoms with Gasteiger partial charge in [0.15, 0.2) is 0 Å². The Morgan fingerprint density at radius 2 is 2.21 bits per heavy atom. The summed E-state index contributed by atoms with van der Waals surface area (Å²) < 4.78 is 5.26. The molecule has 0 aliphatic heterocycles. The highest BCUT2D eigenvalue weighted by Gasteiger charge is 2.05. The fourth-order valence-electron chi connectivity index (χ4n) is 1.26. The van der Waals surface area contributed by atoms with Gasteiger partial charge in [0.25, 0.3) is 5.24 Å². The lowest BCUT2D eigenvalue weighted by Gasteiger charge is -2.05. The molecule has 0 aliphatic carbocycles. The molecule has 0 heterocycles. The standard InChI is InChI=1S/C11H13ClO2/c1-3-14-7-9-4-5-10(11(12)13)8(2)6-9/h4-6H,3,7H2,1-2H3. The maximum absolute atomic E-state index is 10.9. The van der Waals surface area contributed by atoms with Crippen LogP contribution in [0.4, 0.5) is 0 Å². The third-order valence-electron chi connectivity index (χ3n) is 1.98. The maximum atomic E-state index is 10.9. The lowest BCUT2D eigenvalue weighted by atomic mass is 10.1. The van der Waals surface area contributed by atoms with Crippen LogP contribution < -0.4 is 0 Å². The van der Waals surface area contributed by atoms with E-state index in [1.165, 1.54) is 0 Å². The third kappa shape index (κ3) is 2.82. The van der Waals surface area contributed by atoms with Gasteiger partial charge in [-0.05, 0) is 42.6 Å². The van der Waals surface area contributed by atoms with Crippen LogP contribution in [0, 0.1) is 6.92 Å². The van der Waals surface area contributed by atoms with E-state index in [1.807, 2.05) is 26.0 Å². The Bertz CT molecular complexity index is 334. The second-order valence-electron chi connectivity index (χ2n) is 3.06. The summed E-state index contributed by atoms with van der Waals surface area (Å²) in [5.74, 6) is 0. The molecule has 0 saturated carbocycles. The van der Waals surface area contributed by atoms with Crippen LogP contribution >= 0.6 is 11.6 Å². The molecule has 0 bridgehead atoms. The molecule has 1 aromatic rings. The lowest BCUT2D eigenvalue weighted by molar-refractivity contribution is 0.108.